The summed E-state index contributed by atoms with van der Waals surface area (Å²) in [6.45, 7) is 0.327. The molecule has 0 spiro atoms. The largest absolute Gasteiger partial charge is 0.307 e. The van der Waals surface area contributed by atoms with Crippen LogP contribution in [0.15, 0.2) is 54.7 Å². The summed E-state index contributed by atoms with van der Waals surface area (Å²) in [5, 5.41) is 18.7. The minimum Gasteiger partial charge on any atom is -0.307 e. The highest BCUT2D eigenvalue weighted by Gasteiger charge is 2.14. The molecule has 0 bridgehead atoms. The Morgan fingerprint density at radius 2 is 2.00 bits per heavy atom. The van der Waals surface area contributed by atoms with Gasteiger partial charge in [-0.3, -0.25) is 14.9 Å². The molecule has 1 heterocycles. The second kappa shape index (κ2) is 7.55. The number of non-ortho nitro benzene ring substituents is 1. The van der Waals surface area contributed by atoms with Gasteiger partial charge in [-0.15, -0.1) is 0 Å². The van der Waals surface area contributed by atoms with Crippen molar-refractivity contribution in [1.29, 1.82) is 0 Å². The van der Waals surface area contributed by atoms with Crippen LogP contribution in [-0.2, 0) is 6.54 Å². The summed E-state index contributed by atoms with van der Waals surface area (Å²) < 4.78 is 1.56. The molecule has 3 rings (SSSR count). The van der Waals surface area contributed by atoms with Crippen LogP contribution in [0.2, 0.25) is 10.0 Å². The Balaban J connectivity index is 1.79. The third-order valence-corrected chi connectivity index (χ3v) is 4.20. The smallest absolute Gasteiger partial charge is 0.270 e. The van der Waals surface area contributed by atoms with Crippen LogP contribution < -0.4 is 5.32 Å². The van der Waals surface area contributed by atoms with Crippen LogP contribution in [0.4, 0.5) is 11.5 Å². The highest BCUT2D eigenvalue weighted by molar-refractivity contribution is 6.35. The predicted octanol–water partition coefficient (Wildman–Crippen LogP) is 4.40. The molecular weight excluding hydrogens is 379 g/mol. The predicted molar refractivity (Wildman–Crippen MR) is 98.8 cm³/mol. The summed E-state index contributed by atoms with van der Waals surface area (Å²) in [6, 6.07) is 12.2. The zero-order valence-electron chi connectivity index (χ0n) is 13.2. The van der Waals surface area contributed by atoms with Gasteiger partial charge in [-0.05, 0) is 23.8 Å². The second-order valence-corrected chi connectivity index (χ2v) is 6.22. The van der Waals surface area contributed by atoms with Crippen LogP contribution in [0.25, 0.3) is 0 Å². The first-order valence-corrected chi connectivity index (χ1v) is 8.21. The molecule has 0 atom stereocenters. The molecule has 0 aliphatic rings. The van der Waals surface area contributed by atoms with Gasteiger partial charge in [0.2, 0.25) is 0 Å². The van der Waals surface area contributed by atoms with Gasteiger partial charge in [0.05, 0.1) is 17.7 Å². The molecule has 0 unspecified atom stereocenters. The molecule has 7 nitrogen and oxygen atoms in total. The van der Waals surface area contributed by atoms with Crippen LogP contribution in [0.5, 0.6) is 0 Å². The molecule has 1 N–H and O–H groups in total. The van der Waals surface area contributed by atoms with E-state index in [9.17, 15) is 14.9 Å². The topological polar surface area (TPSA) is 90.1 Å². The van der Waals surface area contributed by atoms with Gasteiger partial charge >= 0.3 is 0 Å². The Bertz CT molecular complexity index is 988. The number of carbonyl (C=O) groups excluding carboxylic acids is 1. The number of amides is 1. The lowest BCUT2D eigenvalue weighted by atomic mass is 10.2. The number of benzene rings is 2. The highest BCUT2D eigenvalue weighted by Crippen LogP contribution is 2.23. The molecule has 0 aliphatic carbocycles. The van der Waals surface area contributed by atoms with Gasteiger partial charge in [0.1, 0.15) is 5.82 Å². The lowest BCUT2D eigenvalue weighted by Crippen LogP contribution is -2.16. The normalized spacial score (nSPS) is 10.5. The number of carbonyl (C=O) groups is 1. The van der Waals surface area contributed by atoms with Crippen molar-refractivity contribution in [2.24, 2.45) is 0 Å². The quantitative estimate of drug-likeness (QED) is 0.516. The van der Waals surface area contributed by atoms with Crippen molar-refractivity contribution in [2.45, 2.75) is 6.54 Å². The third kappa shape index (κ3) is 4.01. The number of nitro benzene ring substituents is 1. The van der Waals surface area contributed by atoms with Gasteiger partial charge in [0.25, 0.3) is 11.6 Å². The van der Waals surface area contributed by atoms with Gasteiger partial charge in [-0.25, -0.2) is 4.68 Å². The minimum atomic E-state index is -0.552. The number of hydrogen-bond acceptors (Lipinski definition) is 4. The first kappa shape index (κ1) is 17.9. The van der Waals surface area contributed by atoms with E-state index in [2.05, 4.69) is 10.4 Å². The number of nitrogens with zero attached hydrogens (tertiary/aromatic N) is 3. The van der Waals surface area contributed by atoms with Gasteiger partial charge < -0.3 is 5.32 Å². The first-order chi connectivity index (χ1) is 12.4. The average Bonchev–Trinajstić information content (AvgIpc) is 3.04. The number of aromatic nitrogens is 2. The van der Waals surface area contributed by atoms with E-state index in [1.807, 2.05) is 0 Å². The molecule has 0 saturated carbocycles. The van der Waals surface area contributed by atoms with Gasteiger partial charge in [0.15, 0.2) is 0 Å². The van der Waals surface area contributed by atoms with Crippen LogP contribution in [0, 0.1) is 10.1 Å². The number of anilines is 1. The van der Waals surface area contributed by atoms with Crippen molar-refractivity contribution >= 4 is 40.6 Å². The van der Waals surface area contributed by atoms with E-state index >= 15 is 0 Å². The molecule has 0 aliphatic heterocycles. The van der Waals surface area contributed by atoms with E-state index in [-0.39, 0.29) is 11.3 Å². The van der Waals surface area contributed by atoms with Crippen LogP contribution in [0.3, 0.4) is 0 Å². The molecular formula is C17H12Cl2N4O3. The Morgan fingerprint density at radius 1 is 1.19 bits per heavy atom. The standard InChI is InChI=1S/C17H12Cl2N4O3/c18-13-5-4-12(15(19)9-13)10-22-16(6-7-20-22)21-17(24)11-2-1-3-14(8-11)23(25)26/h1-9H,10H2,(H,21,24). The van der Waals surface area contributed by atoms with E-state index in [1.165, 1.54) is 30.5 Å². The molecule has 0 radical (unpaired) electrons. The maximum absolute atomic E-state index is 12.4. The fourth-order valence-electron chi connectivity index (χ4n) is 2.33. The zero-order chi connectivity index (χ0) is 18.7. The van der Waals surface area contributed by atoms with Crippen LogP contribution in [-0.4, -0.2) is 20.6 Å². The van der Waals surface area contributed by atoms with E-state index in [0.29, 0.717) is 22.4 Å². The second-order valence-electron chi connectivity index (χ2n) is 5.37. The average molecular weight is 391 g/mol. The number of halogens is 2. The van der Waals surface area contributed by atoms with Crippen molar-refractivity contribution in [3.63, 3.8) is 0 Å². The van der Waals surface area contributed by atoms with Gasteiger partial charge in [-0.1, -0.05) is 35.3 Å². The first-order valence-electron chi connectivity index (χ1n) is 7.45. The third-order valence-electron chi connectivity index (χ3n) is 3.61. The van der Waals surface area contributed by atoms with E-state index in [4.69, 9.17) is 23.2 Å². The maximum Gasteiger partial charge on any atom is 0.270 e. The van der Waals surface area contributed by atoms with Crippen molar-refractivity contribution in [3.05, 3.63) is 86.0 Å². The number of rotatable bonds is 5. The molecule has 1 aromatic heterocycles. The molecule has 3 aromatic rings. The van der Waals surface area contributed by atoms with Crippen molar-refractivity contribution < 1.29 is 9.72 Å². The summed E-state index contributed by atoms with van der Waals surface area (Å²) in [7, 11) is 0. The zero-order valence-corrected chi connectivity index (χ0v) is 14.7. The lowest BCUT2D eigenvalue weighted by molar-refractivity contribution is -0.384. The monoisotopic (exact) mass is 390 g/mol. The van der Waals surface area contributed by atoms with E-state index in [0.717, 1.165) is 5.56 Å². The number of hydrogen-bond donors (Lipinski definition) is 1. The number of nitro groups is 1. The number of nitrogens with one attached hydrogen (secondary N) is 1. The molecule has 2 aromatic carbocycles. The van der Waals surface area contributed by atoms with Gasteiger partial charge in [-0.2, -0.15) is 5.10 Å². The maximum atomic E-state index is 12.4. The summed E-state index contributed by atoms with van der Waals surface area (Å²) in [4.78, 5) is 22.7. The highest BCUT2D eigenvalue weighted by atomic mass is 35.5. The molecule has 9 heteroatoms. The van der Waals surface area contributed by atoms with Crippen molar-refractivity contribution in [2.75, 3.05) is 5.32 Å². The van der Waals surface area contributed by atoms with Gasteiger partial charge in [0, 0.05) is 33.8 Å². The Hall–Kier alpha value is -2.90. The Kier molecular flexibility index (Phi) is 5.20. The summed E-state index contributed by atoms with van der Waals surface area (Å²) in [6.07, 6.45) is 1.53. The SMILES string of the molecule is O=C(Nc1ccnn1Cc1ccc(Cl)cc1Cl)c1cccc([N+](=O)[O-])c1. The van der Waals surface area contributed by atoms with E-state index < -0.39 is 10.8 Å². The molecule has 26 heavy (non-hydrogen) atoms. The minimum absolute atomic E-state index is 0.154. The molecule has 1 amide bonds. The van der Waals surface area contributed by atoms with Crippen LogP contribution >= 0.6 is 23.2 Å². The van der Waals surface area contributed by atoms with E-state index in [1.54, 1.807) is 28.9 Å². The summed E-state index contributed by atoms with van der Waals surface area (Å²) in [5.41, 5.74) is 0.807. The molecule has 0 fully saturated rings. The Morgan fingerprint density at radius 3 is 2.73 bits per heavy atom. The summed E-state index contributed by atoms with van der Waals surface area (Å²) in [5.74, 6) is -0.0369. The fourth-order valence-corrected chi connectivity index (χ4v) is 2.79. The fraction of sp³-hybridized carbons (Fsp3) is 0.0588. The summed E-state index contributed by atoms with van der Waals surface area (Å²) >= 11 is 12.1. The van der Waals surface area contributed by atoms with Crippen molar-refractivity contribution in [1.82, 2.24) is 9.78 Å². The Labute approximate surface area is 158 Å². The van der Waals surface area contributed by atoms with Crippen molar-refractivity contribution in [3.8, 4) is 0 Å². The lowest BCUT2D eigenvalue weighted by Gasteiger charge is -2.10. The van der Waals surface area contributed by atoms with Crippen LogP contribution in [0.1, 0.15) is 15.9 Å². The molecule has 132 valence electrons. The molecule has 0 saturated heterocycles.